The van der Waals surface area contributed by atoms with Gasteiger partial charge in [0.1, 0.15) is 0 Å². The molecule has 0 bridgehead atoms. The van der Waals surface area contributed by atoms with Crippen LogP contribution in [-0.4, -0.2) is 44.7 Å². The topological polar surface area (TPSA) is 49.4 Å². The molecule has 0 aliphatic heterocycles. The molecule has 0 rings (SSSR count). The van der Waals surface area contributed by atoms with Crippen molar-refractivity contribution >= 4 is 10.0 Å². The van der Waals surface area contributed by atoms with E-state index in [0.717, 1.165) is 19.4 Å². The zero-order valence-corrected chi connectivity index (χ0v) is 12.7. The second-order valence-electron chi connectivity index (χ2n) is 4.82. The Bertz CT molecular complexity index is 289. The predicted octanol–water partition coefficient (Wildman–Crippen LogP) is 1.68. The molecule has 17 heavy (non-hydrogen) atoms. The Labute approximate surface area is 107 Å². The SMILES string of the molecule is CCC(NCCCN(CC)S(C)(=O)=O)C(C)C. The number of nitrogens with zero attached hydrogens (tertiary/aromatic N) is 1. The first-order chi connectivity index (χ1) is 7.82. The lowest BCUT2D eigenvalue weighted by Gasteiger charge is -2.22. The molecule has 5 heteroatoms. The number of nitrogens with one attached hydrogen (secondary N) is 1. The summed E-state index contributed by atoms with van der Waals surface area (Å²) in [5.74, 6) is 0.622. The van der Waals surface area contributed by atoms with E-state index in [1.807, 2.05) is 6.92 Å². The van der Waals surface area contributed by atoms with Gasteiger partial charge in [-0.05, 0) is 25.3 Å². The third-order valence-electron chi connectivity index (χ3n) is 3.06. The molecule has 0 aliphatic carbocycles. The molecule has 4 nitrogen and oxygen atoms in total. The summed E-state index contributed by atoms with van der Waals surface area (Å²) in [7, 11) is -3.03. The van der Waals surface area contributed by atoms with Crippen molar-refractivity contribution in [3.63, 3.8) is 0 Å². The quantitative estimate of drug-likeness (QED) is 0.645. The Balaban J connectivity index is 3.91. The largest absolute Gasteiger partial charge is 0.314 e. The van der Waals surface area contributed by atoms with Gasteiger partial charge >= 0.3 is 0 Å². The Morgan fingerprint density at radius 3 is 2.18 bits per heavy atom. The van der Waals surface area contributed by atoms with Crippen LogP contribution in [0.25, 0.3) is 0 Å². The second kappa shape index (κ2) is 8.06. The van der Waals surface area contributed by atoms with E-state index < -0.39 is 10.0 Å². The van der Waals surface area contributed by atoms with Crippen molar-refractivity contribution in [1.82, 2.24) is 9.62 Å². The maximum Gasteiger partial charge on any atom is 0.211 e. The minimum atomic E-state index is -3.03. The van der Waals surface area contributed by atoms with Gasteiger partial charge in [-0.2, -0.15) is 0 Å². The Hall–Kier alpha value is -0.130. The van der Waals surface area contributed by atoms with Crippen molar-refractivity contribution in [2.75, 3.05) is 25.9 Å². The molecule has 0 amide bonds. The molecule has 0 radical (unpaired) electrons. The van der Waals surface area contributed by atoms with Crippen LogP contribution in [0.1, 0.15) is 40.5 Å². The van der Waals surface area contributed by atoms with Gasteiger partial charge in [0.2, 0.25) is 10.0 Å². The van der Waals surface area contributed by atoms with Crippen molar-refractivity contribution in [3.8, 4) is 0 Å². The maximum absolute atomic E-state index is 11.4. The Morgan fingerprint density at radius 2 is 1.82 bits per heavy atom. The van der Waals surface area contributed by atoms with Gasteiger partial charge in [0.05, 0.1) is 6.26 Å². The molecule has 0 heterocycles. The fourth-order valence-corrected chi connectivity index (χ4v) is 2.88. The van der Waals surface area contributed by atoms with Gasteiger partial charge in [0.25, 0.3) is 0 Å². The summed E-state index contributed by atoms with van der Waals surface area (Å²) in [6.45, 7) is 10.5. The first-order valence-electron chi connectivity index (χ1n) is 6.51. The summed E-state index contributed by atoms with van der Waals surface area (Å²) < 4.78 is 24.2. The fourth-order valence-electron chi connectivity index (χ4n) is 1.95. The molecule has 0 aromatic heterocycles. The van der Waals surface area contributed by atoms with Gasteiger partial charge in [-0.1, -0.05) is 27.7 Å². The molecule has 1 N–H and O–H groups in total. The Morgan fingerprint density at radius 1 is 1.24 bits per heavy atom. The summed E-state index contributed by atoms with van der Waals surface area (Å²) in [4.78, 5) is 0. The van der Waals surface area contributed by atoms with Gasteiger partial charge in [-0.3, -0.25) is 0 Å². The maximum atomic E-state index is 11.4. The monoisotopic (exact) mass is 264 g/mol. The van der Waals surface area contributed by atoms with Crippen molar-refractivity contribution in [2.45, 2.75) is 46.6 Å². The van der Waals surface area contributed by atoms with Gasteiger partial charge < -0.3 is 5.32 Å². The van der Waals surface area contributed by atoms with E-state index in [1.54, 1.807) is 0 Å². The van der Waals surface area contributed by atoms with Crippen LogP contribution in [0.4, 0.5) is 0 Å². The molecule has 0 saturated heterocycles. The van der Waals surface area contributed by atoms with E-state index >= 15 is 0 Å². The summed E-state index contributed by atoms with van der Waals surface area (Å²) in [6.07, 6.45) is 3.25. The van der Waals surface area contributed by atoms with Crippen molar-refractivity contribution in [1.29, 1.82) is 0 Å². The molecule has 0 aromatic rings. The molecule has 0 aromatic carbocycles. The van der Waals surface area contributed by atoms with E-state index in [2.05, 4.69) is 26.1 Å². The summed E-state index contributed by atoms with van der Waals surface area (Å²) in [5, 5.41) is 3.48. The van der Waals surface area contributed by atoms with Crippen molar-refractivity contribution in [3.05, 3.63) is 0 Å². The average molecular weight is 264 g/mol. The second-order valence-corrected chi connectivity index (χ2v) is 6.80. The van der Waals surface area contributed by atoms with E-state index in [0.29, 0.717) is 25.0 Å². The number of sulfonamides is 1. The number of hydrogen-bond donors (Lipinski definition) is 1. The molecular formula is C12H28N2O2S. The summed E-state index contributed by atoms with van der Waals surface area (Å²) in [6, 6.07) is 0.531. The highest BCUT2D eigenvalue weighted by Crippen LogP contribution is 2.05. The van der Waals surface area contributed by atoms with Gasteiger partial charge in [0, 0.05) is 19.1 Å². The molecule has 1 unspecified atom stereocenters. The van der Waals surface area contributed by atoms with E-state index in [4.69, 9.17) is 0 Å². The first-order valence-corrected chi connectivity index (χ1v) is 8.36. The van der Waals surface area contributed by atoms with Crippen molar-refractivity contribution in [2.24, 2.45) is 5.92 Å². The molecule has 0 saturated carbocycles. The minimum absolute atomic E-state index is 0.531. The van der Waals surface area contributed by atoms with Gasteiger partial charge in [-0.15, -0.1) is 0 Å². The number of rotatable bonds is 9. The first kappa shape index (κ1) is 16.9. The van der Waals surface area contributed by atoms with E-state index in [1.165, 1.54) is 10.6 Å². The normalized spacial score (nSPS) is 14.5. The van der Waals surface area contributed by atoms with Crippen LogP contribution in [0, 0.1) is 5.92 Å². The van der Waals surface area contributed by atoms with E-state index in [9.17, 15) is 8.42 Å². The van der Waals surface area contributed by atoms with Crippen LogP contribution in [0.3, 0.4) is 0 Å². The standard InChI is InChI=1S/C12H28N2O2S/c1-6-12(11(3)4)13-9-8-10-14(7-2)17(5,15)16/h11-13H,6-10H2,1-5H3. The van der Waals surface area contributed by atoms with Gasteiger partial charge in [0.15, 0.2) is 0 Å². The highest BCUT2D eigenvalue weighted by Gasteiger charge is 2.14. The number of hydrogen-bond acceptors (Lipinski definition) is 3. The zero-order valence-electron chi connectivity index (χ0n) is 11.9. The predicted molar refractivity (Wildman–Crippen MR) is 73.6 cm³/mol. The smallest absolute Gasteiger partial charge is 0.211 e. The van der Waals surface area contributed by atoms with E-state index in [-0.39, 0.29) is 0 Å². The molecule has 0 aliphatic rings. The summed E-state index contributed by atoms with van der Waals surface area (Å²) in [5.41, 5.74) is 0. The van der Waals surface area contributed by atoms with Crippen molar-refractivity contribution < 1.29 is 8.42 Å². The molecule has 1 atom stereocenters. The average Bonchev–Trinajstić information content (AvgIpc) is 2.21. The summed E-state index contributed by atoms with van der Waals surface area (Å²) >= 11 is 0. The third-order valence-corrected chi connectivity index (χ3v) is 4.44. The highest BCUT2D eigenvalue weighted by atomic mass is 32.2. The van der Waals surface area contributed by atoms with Crippen LogP contribution in [0.15, 0.2) is 0 Å². The lowest BCUT2D eigenvalue weighted by atomic mass is 10.0. The van der Waals surface area contributed by atoms with Crippen LogP contribution >= 0.6 is 0 Å². The van der Waals surface area contributed by atoms with Crippen LogP contribution in [0.2, 0.25) is 0 Å². The van der Waals surface area contributed by atoms with Gasteiger partial charge in [-0.25, -0.2) is 12.7 Å². The lowest BCUT2D eigenvalue weighted by Crippen LogP contribution is -2.36. The van der Waals surface area contributed by atoms with Crippen LogP contribution < -0.4 is 5.32 Å². The molecule has 0 spiro atoms. The molecule has 0 fully saturated rings. The van der Waals surface area contributed by atoms with Crippen LogP contribution in [0.5, 0.6) is 0 Å². The van der Waals surface area contributed by atoms with Crippen LogP contribution in [-0.2, 0) is 10.0 Å². The highest BCUT2D eigenvalue weighted by molar-refractivity contribution is 7.88. The molecular weight excluding hydrogens is 236 g/mol. The lowest BCUT2D eigenvalue weighted by molar-refractivity contribution is 0.368. The third kappa shape index (κ3) is 7.01. The zero-order chi connectivity index (χ0) is 13.5. The fraction of sp³-hybridized carbons (Fsp3) is 1.00. The minimum Gasteiger partial charge on any atom is -0.314 e. The molecule has 104 valence electrons. The Kier molecular flexibility index (Phi) is 8.00.